The molecule has 2 N–H and O–H groups in total. The number of rotatable bonds is 7. The Labute approximate surface area is 159 Å². The number of nitrogens with one attached hydrogen (secondary N) is 2. The molecule has 0 atom stereocenters. The highest BCUT2D eigenvalue weighted by atomic mass is 32.2. The van der Waals surface area contributed by atoms with Crippen LogP contribution < -0.4 is 15.4 Å². The zero-order valence-corrected chi connectivity index (χ0v) is 16.3. The number of benzene rings is 2. The predicted octanol–water partition coefficient (Wildman–Crippen LogP) is 2.47. The van der Waals surface area contributed by atoms with Gasteiger partial charge in [0.25, 0.3) is 0 Å². The average Bonchev–Trinajstić information content (AvgIpc) is 2.66. The fourth-order valence-corrected chi connectivity index (χ4v) is 3.80. The summed E-state index contributed by atoms with van der Waals surface area (Å²) in [4.78, 5) is 12.3. The van der Waals surface area contributed by atoms with Crippen molar-refractivity contribution in [2.45, 2.75) is 29.2 Å². The van der Waals surface area contributed by atoms with Gasteiger partial charge in [0.2, 0.25) is 15.7 Å². The molecule has 7 heteroatoms. The molecule has 0 bridgehead atoms. The van der Waals surface area contributed by atoms with E-state index in [1.807, 2.05) is 0 Å². The second kappa shape index (κ2) is 8.14. The Kier molecular flexibility index (Phi) is 6.13. The van der Waals surface area contributed by atoms with Crippen molar-refractivity contribution >= 4 is 21.4 Å². The molecule has 0 heterocycles. The van der Waals surface area contributed by atoms with Gasteiger partial charge in [-0.3, -0.25) is 4.79 Å². The van der Waals surface area contributed by atoms with Crippen molar-refractivity contribution in [2.24, 2.45) is 0 Å². The number of carbonyl (C=O) groups is 1. The van der Waals surface area contributed by atoms with E-state index in [1.54, 1.807) is 44.2 Å². The minimum absolute atomic E-state index is 0.0251. The summed E-state index contributed by atoms with van der Waals surface area (Å²) in [5, 5.41) is 5.55. The van der Waals surface area contributed by atoms with E-state index in [1.165, 1.54) is 25.3 Å². The SMILES string of the molecule is C#CC(C)(C)NC(=O)CNc1ccc(OC)cc1S(=O)(=O)c1ccccc1. The molecular formula is C20H22N2O4S. The third kappa shape index (κ3) is 5.02. The van der Waals surface area contributed by atoms with Crippen LogP contribution in [0.1, 0.15) is 13.8 Å². The third-order valence-corrected chi connectivity index (χ3v) is 5.59. The standard InChI is InChI=1S/C20H22N2O4S/c1-5-20(2,3)22-19(23)14-21-17-12-11-15(26-4)13-18(17)27(24,25)16-9-7-6-8-10-16/h1,6-13,21H,14H2,2-4H3,(H,22,23). The second-order valence-electron chi connectivity index (χ2n) is 6.35. The fraction of sp³-hybridized carbons (Fsp3) is 0.250. The van der Waals surface area contributed by atoms with Crippen molar-refractivity contribution in [3.63, 3.8) is 0 Å². The lowest BCUT2D eigenvalue weighted by atomic mass is 10.1. The van der Waals surface area contributed by atoms with Gasteiger partial charge in [-0.1, -0.05) is 24.1 Å². The molecule has 0 spiro atoms. The number of hydrogen-bond donors (Lipinski definition) is 2. The van der Waals surface area contributed by atoms with Crippen molar-refractivity contribution in [3.05, 3.63) is 48.5 Å². The van der Waals surface area contributed by atoms with E-state index in [9.17, 15) is 13.2 Å². The highest BCUT2D eigenvalue weighted by Crippen LogP contribution is 2.31. The van der Waals surface area contributed by atoms with Crippen LogP contribution in [0.3, 0.4) is 0 Å². The Balaban J connectivity index is 2.33. The molecule has 0 unspecified atom stereocenters. The maximum absolute atomic E-state index is 13.0. The van der Waals surface area contributed by atoms with E-state index in [2.05, 4.69) is 16.6 Å². The lowest BCUT2D eigenvalue weighted by Gasteiger charge is -2.20. The topological polar surface area (TPSA) is 84.5 Å². The van der Waals surface area contributed by atoms with E-state index in [0.29, 0.717) is 11.4 Å². The van der Waals surface area contributed by atoms with E-state index in [4.69, 9.17) is 11.2 Å². The number of terminal acetylenes is 1. The Morgan fingerprint density at radius 2 is 1.85 bits per heavy atom. The molecule has 0 aliphatic carbocycles. The van der Waals surface area contributed by atoms with Gasteiger partial charge < -0.3 is 15.4 Å². The van der Waals surface area contributed by atoms with Crippen LogP contribution in [0.25, 0.3) is 0 Å². The summed E-state index contributed by atoms with van der Waals surface area (Å²) in [5.74, 6) is 2.52. The summed E-state index contributed by atoms with van der Waals surface area (Å²) < 4.78 is 31.2. The summed E-state index contributed by atoms with van der Waals surface area (Å²) >= 11 is 0. The molecule has 2 aromatic carbocycles. The molecule has 0 aliphatic rings. The monoisotopic (exact) mass is 386 g/mol. The zero-order valence-electron chi connectivity index (χ0n) is 15.4. The molecule has 0 saturated carbocycles. The van der Waals surface area contributed by atoms with Crippen molar-refractivity contribution in [1.29, 1.82) is 0 Å². The van der Waals surface area contributed by atoms with Crippen LogP contribution >= 0.6 is 0 Å². The van der Waals surface area contributed by atoms with Gasteiger partial charge in [-0.15, -0.1) is 6.42 Å². The van der Waals surface area contributed by atoms with Crippen molar-refractivity contribution in [1.82, 2.24) is 5.32 Å². The van der Waals surface area contributed by atoms with Crippen LogP contribution in [0.15, 0.2) is 58.3 Å². The molecule has 0 aliphatic heterocycles. The molecule has 142 valence electrons. The number of methoxy groups -OCH3 is 1. The second-order valence-corrected chi connectivity index (χ2v) is 8.27. The fourth-order valence-electron chi connectivity index (χ4n) is 2.33. The Morgan fingerprint density at radius 1 is 1.19 bits per heavy atom. The lowest BCUT2D eigenvalue weighted by Crippen LogP contribution is -2.44. The maximum Gasteiger partial charge on any atom is 0.240 e. The smallest absolute Gasteiger partial charge is 0.240 e. The minimum atomic E-state index is -3.80. The van der Waals surface area contributed by atoms with Crippen molar-refractivity contribution in [3.8, 4) is 18.1 Å². The van der Waals surface area contributed by atoms with Crippen LogP contribution in [0.4, 0.5) is 5.69 Å². The zero-order chi connectivity index (χ0) is 20.1. The first kappa shape index (κ1) is 20.3. The van der Waals surface area contributed by atoms with E-state index in [0.717, 1.165) is 0 Å². The van der Waals surface area contributed by atoms with Crippen LogP contribution in [-0.4, -0.2) is 33.5 Å². The first-order valence-electron chi connectivity index (χ1n) is 8.20. The molecule has 0 aromatic heterocycles. The van der Waals surface area contributed by atoms with Gasteiger partial charge in [0, 0.05) is 6.07 Å². The molecule has 0 saturated heterocycles. The van der Waals surface area contributed by atoms with Gasteiger partial charge in [-0.05, 0) is 38.1 Å². The van der Waals surface area contributed by atoms with Gasteiger partial charge in [-0.2, -0.15) is 0 Å². The van der Waals surface area contributed by atoms with Gasteiger partial charge in [0.05, 0.1) is 34.7 Å². The van der Waals surface area contributed by atoms with E-state index < -0.39 is 15.4 Å². The lowest BCUT2D eigenvalue weighted by molar-refractivity contribution is -0.120. The molecule has 6 nitrogen and oxygen atoms in total. The molecule has 1 amide bonds. The van der Waals surface area contributed by atoms with Crippen LogP contribution in [0, 0.1) is 12.3 Å². The third-order valence-electron chi connectivity index (χ3n) is 3.78. The molecular weight excluding hydrogens is 364 g/mol. The summed E-state index contributed by atoms with van der Waals surface area (Å²) in [6.45, 7) is 3.27. The Hall–Kier alpha value is -2.98. The number of anilines is 1. The Morgan fingerprint density at radius 3 is 2.44 bits per heavy atom. The number of ether oxygens (including phenoxy) is 1. The van der Waals surface area contributed by atoms with Gasteiger partial charge >= 0.3 is 0 Å². The highest BCUT2D eigenvalue weighted by molar-refractivity contribution is 7.91. The highest BCUT2D eigenvalue weighted by Gasteiger charge is 2.23. The average molecular weight is 386 g/mol. The number of carbonyl (C=O) groups excluding carboxylic acids is 1. The van der Waals surface area contributed by atoms with Crippen LogP contribution in [0.2, 0.25) is 0 Å². The molecule has 0 fully saturated rings. The number of amides is 1. The number of hydrogen-bond acceptors (Lipinski definition) is 5. The van der Waals surface area contributed by atoms with Crippen molar-refractivity contribution < 1.29 is 17.9 Å². The first-order chi connectivity index (χ1) is 12.7. The van der Waals surface area contributed by atoms with Gasteiger partial charge in [0.15, 0.2) is 0 Å². The van der Waals surface area contributed by atoms with E-state index in [-0.39, 0.29) is 22.2 Å². The van der Waals surface area contributed by atoms with E-state index >= 15 is 0 Å². The maximum atomic E-state index is 13.0. The van der Waals surface area contributed by atoms with Gasteiger partial charge in [0.1, 0.15) is 5.75 Å². The van der Waals surface area contributed by atoms with Gasteiger partial charge in [-0.25, -0.2) is 8.42 Å². The van der Waals surface area contributed by atoms with Crippen LogP contribution in [-0.2, 0) is 14.6 Å². The normalized spacial score (nSPS) is 11.3. The first-order valence-corrected chi connectivity index (χ1v) is 9.69. The largest absolute Gasteiger partial charge is 0.497 e. The summed E-state index contributed by atoms with van der Waals surface area (Å²) in [5.41, 5.74) is -0.495. The predicted molar refractivity (Wildman–Crippen MR) is 104 cm³/mol. The summed E-state index contributed by atoms with van der Waals surface area (Å²) in [6, 6.07) is 12.7. The summed E-state index contributed by atoms with van der Waals surface area (Å²) in [6.07, 6.45) is 5.36. The molecule has 2 aromatic rings. The minimum Gasteiger partial charge on any atom is -0.497 e. The van der Waals surface area contributed by atoms with Crippen LogP contribution in [0.5, 0.6) is 5.75 Å². The number of sulfone groups is 1. The Bertz CT molecular complexity index is 961. The molecule has 27 heavy (non-hydrogen) atoms. The molecule has 0 radical (unpaired) electrons. The van der Waals surface area contributed by atoms with Crippen molar-refractivity contribution in [2.75, 3.05) is 19.0 Å². The molecule has 2 rings (SSSR count). The quantitative estimate of drug-likeness (QED) is 0.714. The summed E-state index contributed by atoms with van der Waals surface area (Å²) in [7, 11) is -2.34.